The van der Waals surface area contributed by atoms with Gasteiger partial charge in [-0.05, 0) is 55.9 Å². The van der Waals surface area contributed by atoms with Crippen LogP contribution in [0.5, 0.6) is 5.75 Å². The molecule has 0 spiro atoms. The summed E-state index contributed by atoms with van der Waals surface area (Å²) in [5, 5.41) is 17.8. The van der Waals surface area contributed by atoms with Gasteiger partial charge in [0.2, 0.25) is 0 Å². The lowest BCUT2D eigenvalue weighted by Gasteiger charge is -2.23. The van der Waals surface area contributed by atoms with Crippen LogP contribution >= 0.6 is 11.8 Å². The standard InChI is InChI=1S/C16H19N3O3S/c1-10-17-18-16(23-9-15(20)21)19(10)13-7-8-14(22-2)12-6-4-3-5-11(12)13/h7-8H,3-6,9H2,1-2H3,(H,20,21). The molecule has 0 fully saturated rings. The van der Waals surface area contributed by atoms with Gasteiger partial charge in [-0.3, -0.25) is 9.36 Å². The number of carboxylic acid groups (broad SMARTS) is 1. The molecule has 6 nitrogen and oxygen atoms in total. The molecule has 0 atom stereocenters. The van der Waals surface area contributed by atoms with E-state index in [0.717, 1.165) is 42.9 Å². The third-order valence-electron chi connectivity index (χ3n) is 4.05. The maximum atomic E-state index is 10.8. The van der Waals surface area contributed by atoms with Gasteiger partial charge in [0.25, 0.3) is 0 Å². The molecule has 0 unspecified atom stereocenters. The van der Waals surface area contributed by atoms with Gasteiger partial charge in [-0.15, -0.1) is 10.2 Å². The average molecular weight is 333 g/mol. The molecule has 3 rings (SSSR count). The topological polar surface area (TPSA) is 77.2 Å². The van der Waals surface area contributed by atoms with E-state index in [4.69, 9.17) is 9.84 Å². The Bertz CT molecular complexity index is 742. The number of hydrogen-bond donors (Lipinski definition) is 1. The van der Waals surface area contributed by atoms with Gasteiger partial charge in [-0.25, -0.2) is 0 Å². The van der Waals surface area contributed by atoms with Crippen molar-refractivity contribution in [2.45, 2.75) is 37.8 Å². The van der Waals surface area contributed by atoms with E-state index in [-0.39, 0.29) is 5.75 Å². The minimum Gasteiger partial charge on any atom is -0.496 e. The number of carboxylic acids is 1. The summed E-state index contributed by atoms with van der Waals surface area (Å²) in [4.78, 5) is 10.8. The summed E-state index contributed by atoms with van der Waals surface area (Å²) < 4.78 is 7.46. The largest absolute Gasteiger partial charge is 0.496 e. The van der Waals surface area contributed by atoms with Crippen molar-refractivity contribution in [2.24, 2.45) is 0 Å². The van der Waals surface area contributed by atoms with Crippen molar-refractivity contribution in [3.05, 3.63) is 29.1 Å². The lowest BCUT2D eigenvalue weighted by Crippen LogP contribution is -2.12. The highest BCUT2D eigenvalue weighted by Gasteiger charge is 2.22. The van der Waals surface area contributed by atoms with Crippen molar-refractivity contribution in [3.63, 3.8) is 0 Å². The summed E-state index contributed by atoms with van der Waals surface area (Å²) in [6.07, 6.45) is 4.30. The lowest BCUT2D eigenvalue weighted by molar-refractivity contribution is -0.133. The monoisotopic (exact) mass is 333 g/mol. The van der Waals surface area contributed by atoms with Crippen LogP contribution in [0.2, 0.25) is 0 Å². The van der Waals surface area contributed by atoms with Crippen LogP contribution in [0, 0.1) is 6.92 Å². The maximum absolute atomic E-state index is 10.8. The molecule has 1 heterocycles. The summed E-state index contributed by atoms with van der Waals surface area (Å²) >= 11 is 1.19. The van der Waals surface area contributed by atoms with Crippen molar-refractivity contribution < 1.29 is 14.6 Å². The molecule has 122 valence electrons. The summed E-state index contributed by atoms with van der Waals surface area (Å²) in [5.74, 6) is 0.792. The third-order valence-corrected chi connectivity index (χ3v) is 4.96. The second kappa shape index (κ2) is 6.62. The Hall–Kier alpha value is -2.02. The number of methoxy groups -OCH3 is 1. The van der Waals surface area contributed by atoms with E-state index in [2.05, 4.69) is 10.2 Å². The Labute approximate surface area is 138 Å². The Morgan fingerprint density at radius 3 is 2.74 bits per heavy atom. The molecular weight excluding hydrogens is 314 g/mol. The molecule has 0 radical (unpaired) electrons. The third kappa shape index (κ3) is 3.06. The normalized spacial score (nSPS) is 13.7. The summed E-state index contributed by atoms with van der Waals surface area (Å²) in [6, 6.07) is 3.99. The van der Waals surface area contributed by atoms with Gasteiger partial charge in [0.1, 0.15) is 11.6 Å². The van der Waals surface area contributed by atoms with Gasteiger partial charge in [-0.2, -0.15) is 0 Å². The average Bonchev–Trinajstić information content (AvgIpc) is 2.92. The Kier molecular flexibility index (Phi) is 4.56. The Morgan fingerprint density at radius 1 is 1.30 bits per heavy atom. The lowest BCUT2D eigenvalue weighted by atomic mass is 9.89. The summed E-state index contributed by atoms with van der Waals surface area (Å²) in [6.45, 7) is 1.89. The van der Waals surface area contributed by atoms with E-state index in [1.54, 1.807) is 7.11 Å². The van der Waals surface area contributed by atoms with Gasteiger partial charge in [0.05, 0.1) is 18.6 Å². The Balaban J connectivity index is 2.09. The number of fused-ring (bicyclic) bond motifs is 1. The van der Waals surface area contributed by atoms with Crippen molar-refractivity contribution in [2.75, 3.05) is 12.9 Å². The molecule has 2 aromatic rings. The van der Waals surface area contributed by atoms with Crippen LogP contribution in [0.3, 0.4) is 0 Å². The number of aromatic nitrogens is 3. The van der Waals surface area contributed by atoms with Crippen LogP contribution < -0.4 is 4.74 Å². The molecular formula is C16H19N3O3S. The number of aryl methyl sites for hydroxylation is 1. The van der Waals surface area contributed by atoms with Gasteiger partial charge < -0.3 is 9.84 Å². The molecule has 1 aliphatic carbocycles. The maximum Gasteiger partial charge on any atom is 0.313 e. The molecule has 1 aliphatic rings. The molecule has 0 amide bonds. The SMILES string of the molecule is COc1ccc(-n2c(C)nnc2SCC(=O)O)c2c1CCCC2. The predicted molar refractivity (Wildman–Crippen MR) is 87.6 cm³/mol. The molecule has 0 bridgehead atoms. The molecule has 23 heavy (non-hydrogen) atoms. The van der Waals surface area contributed by atoms with E-state index in [1.807, 2.05) is 23.6 Å². The summed E-state index contributed by atoms with van der Waals surface area (Å²) in [5.41, 5.74) is 3.55. The molecule has 0 saturated carbocycles. The zero-order valence-corrected chi connectivity index (χ0v) is 14.0. The summed E-state index contributed by atoms with van der Waals surface area (Å²) in [7, 11) is 1.70. The highest BCUT2D eigenvalue weighted by molar-refractivity contribution is 7.99. The van der Waals surface area contributed by atoms with E-state index >= 15 is 0 Å². The molecule has 0 aliphatic heterocycles. The van der Waals surface area contributed by atoms with Gasteiger partial charge >= 0.3 is 5.97 Å². The first-order chi connectivity index (χ1) is 11.1. The number of thioether (sulfide) groups is 1. The van der Waals surface area contributed by atoms with Crippen molar-refractivity contribution in [1.29, 1.82) is 0 Å². The van der Waals surface area contributed by atoms with E-state index in [9.17, 15) is 4.79 Å². The van der Waals surface area contributed by atoms with E-state index in [1.165, 1.54) is 22.9 Å². The number of hydrogen-bond acceptors (Lipinski definition) is 5. The first kappa shape index (κ1) is 15.9. The zero-order chi connectivity index (χ0) is 16.4. The van der Waals surface area contributed by atoms with Crippen LogP contribution in [0.25, 0.3) is 5.69 Å². The first-order valence-corrected chi connectivity index (χ1v) is 8.56. The molecule has 1 aromatic heterocycles. The Morgan fingerprint density at radius 2 is 2.04 bits per heavy atom. The van der Waals surface area contributed by atoms with Crippen LogP contribution in [-0.4, -0.2) is 38.7 Å². The van der Waals surface area contributed by atoms with Crippen molar-refractivity contribution in [1.82, 2.24) is 14.8 Å². The van der Waals surface area contributed by atoms with Crippen molar-refractivity contribution in [3.8, 4) is 11.4 Å². The van der Waals surface area contributed by atoms with Crippen LogP contribution in [-0.2, 0) is 17.6 Å². The number of nitrogens with zero attached hydrogens (tertiary/aromatic N) is 3. The molecule has 0 saturated heterocycles. The second-order valence-corrected chi connectivity index (χ2v) is 6.44. The van der Waals surface area contributed by atoms with Crippen LogP contribution in [0.4, 0.5) is 0 Å². The fourth-order valence-corrected chi connectivity index (χ4v) is 3.77. The van der Waals surface area contributed by atoms with E-state index < -0.39 is 5.97 Å². The van der Waals surface area contributed by atoms with Crippen LogP contribution in [0.1, 0.15) is 29.8 Å². The van der Waals surface area contributed by atoms with Crippen molar-refractivity contribution >= 4 is 17.7 Å². The van der Waals surface area contributed by atoms with Gasteiger partial charge in [0.15, 0.2) is 5.16 Å². The van der Waals surface area contributed by atoms with E-state index in [0.29, 0.717) is 5.16 Å². The zero-order valence-electron chi connectivity index (χ0n) is 13.2. The number of benzene rings is 1. The quantitative estimate of drug-likeness (QED) is 0.848. The second-order valence-electron chi connectivity index (χ2n) is 5.50. The minimum atomic E-state index is -0.862. The molecule has 1 N–H and O–H groups in total. The van der Waals surface area contributed by atoms with Gasteiger partial charge in [-0.1, -0.05) is 11.8 Å². The number of ether oxygens (including phenoxy) is 1. The first-order valence-electron chi connectivity index (χ1n) is 7.57. The predicted octanol–water partition coefficient (Wildman–Crippen LogP) is 2.64. The molecule has 1 aromatic carbocycles. The highest BCUT2D eigenvalue weighted by Crippen LogP contribution is 2.35. The number of carbonyl (C=O) groups is 1. The number of rotatable bonds is 5. The van der Waals surface area contributed by atoms with Gasteiger partial charge in [0, 0.05) is 0 Å². The molecule has 7 heteroatoms. The van der Waals surface area contributed by atoms with Crippen LogP contribution in [0.15, 0.2) is 17.3 Å². The highest BCUT2D eigenvalue weighted by atomic mass is 32.2. The fourth-order valence-electron chi connectivity index (χ4n) is 3.06. The number of aliphatic carboxylic acids is 1. The minimum absolute atomic E-state index is 0.0313. The smallest absolute Gasteiger partial charge is 0.313 e. The fraction of sp³-hybridized carbons (Fsp3) is 0.438.